The second-order valence-electron chi connectivity index (χ2n) is 4.20. The van der Waals surface area contributed by atoms with Gasteiger partial charge >= 0.3 is 6.09 Å². The van der Waals surface area contributed by atoms with Crippen molar-refractivity contribution >= 4 is 17.7 Å². The molecule has 0 saturated carbocycles. The Morgan fingerprint density at radius 2 is 2.00 bits per heavy atom. The summed E-state index contributed by atoms with van der Waals surface area (Å²) in [7, 11) is 0. The van der Waals surface area contributed by atoms with Gasteiger partial charge in [0.2, 0.25) is 0 Å². The average Bonchev–Trinajstić information content (AvgIpc) is 2.89. The second kappa shape index (κ2) is 5.55. The number of anilines is 1. The third-order valence-corrected chi connectivity index (χ3v) is 2.87. The predicted octanol–water partition coefficient (Wildman–Crippen LogP) is 1.29. The summed E-state index contributed by atoms with van der Waals surface area (Å²) in [6.07, 6.45) is 1.16. The smallest absolute Gasteiger partial charge is 0.398 e. The van der Waals surface area contributed by atoms with Crippen molar-refractivity contribution in [2.45, 2.75) is 12.8 Å². The predicted molar refractivity (Wildman–Crippen MR) is 65.6 cm³/mol. The lowest BCUT2D eigenvalue weighted by atomic mass is 10.1. The Morgan fingerprint density at radius 3 is 2.63 bits per heavy atom. The maximum atomic E-state index is 13.4. The molecule has 2 amide bonds. The number of carbonyl (C=O) groups excluding carboxylic acids is 2. The van der Waals surface area contributed by atoms with Gasteiger partial charge in [-0.05, 0) is 25.0 Å². The molecule has 3 N–H and O–H groups in total. The van der Waals surface area contributed by atoms with Crippen LogP contribution < -0.4 is 11.2 Å². The molecule has 1 aromatic rings. The van der Waals surface area contributed by atoms with Crippen LogP contribution in [0.1, 0.15) is 23.2 Å². The fourth-order valence-corrected chi connectivity index (χ4v) is 1.89. The molecule has 0 aliphatic carbocycles. The van der Waals surface area contributed by atoms with E-state index in [1.54, 1.807) is 0 Å². The lowest BCUT2D eigenvalue weighted by Crippen LogP contribution is -2.36. The SMILES string of the molecule is Nc1cccc(F)c1C(=O)NOC(=O)N1CCCC1. The van der Waals surface area contributed by atoms with Crippen LogP contribution >= 0.6 is 0 Å². The summed E-state index contributed by atoms with van der Waals surface area (Å²) in [4.78, 5) is 29.3. The van der Waals surface area contributed by atoms with E-state index >= 15 is 0 Å². The van der Waals surface area contributed by atoms with Crippen LogP contribution in [0, 0.1) is 5.82 Å². The van der Waals surface area contributed by atoms with Crippen molar-refractivity contribution < 1.29 is 18.8 Å². The van der Waals surface area contributed by atoms with Crippen molar-refractivity contribution in [3.8, 4) is 0 Å². The standard InChI is InChI=1S/C12H14FN3O3/c13-8-4-3-5-9(14)10(8)11(17)15-19-12(18)16-6-1-2-7-16/h3-5H,1-2,6-7,14H2,(H,15,17). The highest BCUT2D eigenvalue weighted by Crippen LogP contribution is 2.15. The first-order valence-electron chi connectivity index (χ1n) is 5.89. The molecule has 2 rings (SSSR count). The lowest BCUT2D eigenvalue weighted by molar-refractivity contribution is 0.0448. The summed E-state index contributed by atoms with van der Waals surface area (Å²) in [6.45, 7) is 1.19. The van der Waals surface area contributed by atoms with Crippen LogP contribution in [0.4, 0.5) is 14.9 Å². The van der Waals surface area contributed by atoms with Crippen molar-refractivity contribution in [3.05, 3.63) is 29.6 Å². The van der Waals surface area contributed by atoms with E-state index in [-0.39, 0.29) is 11.3 Å². The molecule has 0 spiro atoms. The number of likely N-dealkylation sites (tertiary alicyclic amines) is 1. The van der Waals surface area contributed by atoms with Gasteiger partial charge in [0.15, 0.2) is 0 Å². The molecule has 1 aromatic carbocycles. The van der Waals surface area contributed by atoms with Crippen molar-refractivity contribution in [2.75, 3.05) is 18.8 Å². The van der Waals surface area contributed by atoms with E-state index in [4.69, 9.17) is 5.73 Å². The summed E-state index contributed by atoms with van der Waals surface area (Å²) >= 11 is 0. The Hall–Kier alpha value is -2.31. The van der Waals surface area contributed by atoms with E-state index in [1.165, 1.54) is 17.0 Å². The van der Waals surface area contributed by atoms with Gasteiger partial charge in [-0.1, -0.05) is 6.07 Å². The number of benzene rings is 1. The number of nitrogens with zero attached hydrogens (tertiary/aromatic N) is 1. The number of nitrogens with two attached hydrogens (primary N) is 1. The van der Waals surface area contributed by atoms with E-state index in [0.717, 1.165) is 18.9 Å². The van der Waals surface area contributed by atoms with Crippen LogP contribution in [0.2, 0.25) is 0 Å². The highest BCUT2D eigenvalue weighted by Gasteiger charge is 2.22. The van der Waals surface area contributed by atoms with Gasteiger partial charge in [-0.2, -0.15) is 5.48 Å². The Labute approximate surface area is 109 Å². The first-order chi connectivity index (χ1) is 9.09. The van der Waals surface area contributed by atoms with Crippen molar-refractivity contribution in [3.63, 3.8) is 0 Å². The Morgan fingerprint density at radius 1 is 1.32 bits per heavy atom. The van der Waals surface area contributed by atoms with Crippen LogP contribution in [0.15, 0.2) is 18.2 Å². The van der Waals surface area contributed by atoms with Gasteiger partial charge in [0.05, 0.1) is 0 Å². The number of nitrogen functional groups attached to an aromatic ring is 1. The average molecular weight is 267 g/mol. The first kappa shape index (κ1) is 13.1. The molecule has 1 saturated heterocycles. The number of hydrogen-bond acceptors (Lipinski definition) is 4. The van der Waals surface area contributed by atoms with Crippen molar-refractivity contribution in [1.29, 1.82) is 0 Å². The first-order valence-corrected chi connectivity index (χ1v) is 5.89. The number of nitrogens with one attached hydrogen (secondary N) is 1. The largest absolute Gasteiger partial charge is 0.434 e. The fraction of sp³-hybridized carbons (Fsp3) is 0.333. The molecule has 7 heteroatoms. The monoisotopic (exact) mass is 267 g/mol. The van der Waals surface area contributed by atoms with E-state index in [0.29, 0.717) is 13.1 Å². The zero-order valence-electron chi connectivity index (χ0n) is 10.2. The molecule has 0 atom stereocenters. The number of halogens is 1. The lowest BCUT2D eigenvalue weighted by Gasteiger charge is -2.15. The van der Waals surface area contributed by atoms with E-state index < -0.39 is 17.8 Å². The normalized spacial score (nSPS) is 14.3. The highest BCUT2D eigenvalue weighted by atomic mass is 19.1. The minimum Gasteiger partial charge on any atom is -0.398 e. The van der Waals surface area contributed by atoms with Crippen molar-refractivity contribution in [1.82, 2.24) is 10.4 Å². The molecular weight excluding hydrogens is 253 g/mol. The Bertz CT molecular complexity index is 481. The van der Waals surface area contributed by atoms with E-state index in [2.05, 4.69) is 4.84 Å². The zero-order chi connectivity index (χ0) is 13.8. The van der Waals surface area contributed by atoms with Gasteiger partial charge in [0.25, 0.3) is 5.91 Å². The highest BCUT2D eigenvalue weighted by molar-refractivity contribution is 5.99. The Balaban J connectivity index is 1.96. The minimum atomic E-state index is -0.886. The second-order valence-corrected chi connectivity index (χ2v) is 4.20. The van der Waals surface area contributed by atoms with Crippen LogP contribution in [0.5, 0.6) is 0 Å². The zero-order valence-corrected chi connectivity index (χ0v) is 10.2. The van der Waals surface area contributed by atoms with Gasteiger partial charge < -0.3 is 15.5 Å². The molecule has 0 bridgehead atoms. The summed E-state index contributed by atoms with van der Waals surface area (Å²) in [5.41, 5.74) is 7.05. The summed E-state index contributed by atoms with van der Waals surface area (Å²) in [6, 6.07) is 3.88. The summed E-state index contributed by atoms with van der Waals surface area (Å²) < 4.78 is 13.4. The molecule has 1 heterocycles. The molecule has 0 aromatic heterocycles. The molecule has 19 heavy (non-hydrogen) atoms. The van der Waals surface area contributed by atoms with Crippen LogP contribution in [-0.4, -0.2) is 30.0 Å². The van der Waals surface area contributed by atoms with Crippen LogP contribution in [0.25, 0.3) is 0 Å². The molecular formula is C12H14FN3O3. The molecule has 0 unspecified atom stereocenters. The summed E-state index contributed by atoms with van der Waals surface area (Å²) in [5, 5.41) is 0. The Kier molecular flexibility index (Phi) is 3.84. The quantitative estimate of drug-likeness (QED) is 0.593. The van der Waals surface area contributed by atoms with Gasteiger partial charge in [-0.3, -0.25) is 4.79 Å². The maximum Gasteiger partial charge on any atom is 0.434 e. The van der Waals surface area contributed by atoms with Crippen LogP contribution in [0.3, 0.4) is 0 Å². The molecule has 1 aliphatic heterocycles. The third-order valence-electron chi connectivity index (χ3n) is 2.87. The topological polar surface area (TPSA) is 84.7 Å². The number of rotatable bonds is 1. The number of hydroxylamine groups is 1. The van der Waals surface area contributed by atoms with Gasteiger partial charge in [0, 0.05) is 18.8 Å². The van der Waals surface area contributed by atoms with Gasteiger partial charge in [-0.15, -0.1) is 0 Å². The minimum absolute atomic E-state index is 0.0188. The van der Waals surface area contributed by atoms with Crippen LogP contribution in [-0.2, 0) is 4.84 Å². The maximum absolute atomic E-state index is 13.4. The van der Waals surface area contributed by atoms with E-state index in [1.807, 2.05) is 5.48 Å². The fourth-order valence-electron chi connectivity index (χ4n) is 1.89. The number of amides is 2. The van der Waals surface area contributed by atoms with Gasteiger partial charge in [-0.25, -0.2) is 9.18 Å². The molecule has 6 nitrogen and oxygen atoms in total. The van der Waals surface area contributed by atoms with E-state index in [9.17, 15) is 14.0 Å². The van der Waals surface area contributed by atoms with Crippen molar-refractivity contribution in [2.24, 2.45) is 0 Å². The number of carbonyl (C=O) groups is 2. The summed E-state index contributed by atoms with van der Waals surface area (Å²) in [5.74, 6) is -1.65. The number of hydrogen-bond donors (Lipinski definition) is 2. The molecule has 1 aliphatic rings. The third kappa shape index (κ3) is 2.93. The van der Waals surface area contributed by atoms with Gasteiger partial charge in [0.1, 0.15) is 11.4 Å². The molecule has 0 radical (unpaired) electrons. The molecule has 1 fully saturated rings. The molecule has 102 valence electrons.